The molecule has 1 N–H and O–H groups in total. The molecule has 1 aliphatic carbocycles. The molecule has 1 unspecified atom stereocenters. The van der Waals surface area contributed by atoms with Gasteiger partial charge in [0.15, 0.2) is 0 Å². The van der Waals surface area contributed by atoms with Gasteiger partial charge in [-0.3, -0.25) is 0 Å². The summed E-state index contributed by atoms with van der Waals surface area (Å²) in [5, 5.41) is 3.48. The van der Waals surface area contributed by atoms with Crippen LogP contribution < -0.4 is 5.32 Å². The maximum absolute atomic E-state index is 14.1. The van der Waals surface area contributed by atoms with E-state index in [0.29, 0.717) is 12.0 Å². The third-order valence-corrected chi connectivity index (χ3v) is 7.77. The van der Waals surface area contributed by atoms with Gasteiger partial charge >= 0.3 is 0 Å². The first-order valence-corrected chi connectivity index (χ1v) is 12.4. The van der Waals surface area contributed by atoms with Gasteiger partial charge in [0.2, 0.25) is 0 Å². The fourth-order valence-corrected chi connectivity index (χ4v) is 6.08. The Bertz CT molecular complexity index is 825. The van der Waals surface area contributed by atoms with Crippen LogP contribution in [0.5, 0.6) is 0 Å². The number of rotatable bonds is 4. The Labute approximate surface area is 180 Å². The lowest BCUT2D eigenvalue weighted by Gasteiger charge is -2.36. The predicted molar refractivity (Wildman–Crippen MR) is 120 cm³/mol. The van der Waals surface area contributed by atoms with Gasteiger partial charge in [0, 0.05) is 38.1 Å². The minimum absolute atomic E-state index is 0.151. The zero-order valence-electron chi connectivity index (χ0n) is 18.3. The van der Waals surface area contributed by atoms with E-state index < -0.39 is 0 Å². The van der Waals surface area contributed by atoms with Crippen molar-refractivity contribution in [2.45, 2.75) is 76.2 Å². The van der Waals surface area contributed by atoms with Crippen LogP contribution >= 0.6 is 0 Å². The van der Waals surface area contributed by atoms with Crippen molar-refractivity contribution in [2.75, 3.05) is 32.7 Å². The maximum Gasteiger partial charge on any atom is 0.125 e. The van der Waals surface area contributed by atoms with Crippen LogP contribution in [0.3, 0.4) is 0 Å². The monoisotopic (exact) mass is 412 g/mol. The van der Waals surface area contributed by atoms with E-state index in [1.807, 2.05) is 6.07 Å². The summed E-state index contributed by atoms with van der Waals surface area (Å²) < 4.78 is 16.5. The van der Waals surface area contributed by atoms with E-state index >= 15 is 0 Å². The van der Waals surface area contributed by atoms with E-state index in [9.17, 15) is 4.39 Å². The van der Waals surface area contributed by atoms with Gasteiger partial charge < -0.3 is 14.8 Å². The molecule has 1 aromatic heterocycles. The van der Waals surface area contributed by atoms with Gasteiger partial charge in [-0.05, 0) is 62.8 Å². The summed E-state index contributed by atoms with van der Waals surface area (Å²) in [6, 6.07) is 5.56. The minimum atomic E-state index is -0.151. The van der Waals surface area contributed by atoms with Gasteiger partial charge in [0.05, 0.1) is 11.0 Å². The van der Waals surface area contributed by atoms with Crippen LogP contribution in [0.2, 0.25) is 0 Å². The van der Waals surface area contributed by atoms with E-state index in [1.54, 1.807) is 12.1 Å². The molecule has 0 radical (unpaired) electrons. The number of nitrogens with zero attached hydrogens (tertiary/aromatic N) is 3. The van der Waals surface area contributed by atoms with Crippen LogP contribution in [-0.4, -0.2) is 47.2 Å². The van der Waals surface area contributed by atoms with Crippen LogP contribution in [0, 0.1) is 11.7 Å². The topological polar surface area (TPSA) is 33.1 Å². The lowest BCUT2D eigenvalue weighted by atomic mass is 9.90. The molecule has 2 saturated heterocycles. The van der Waals surface area contributed by atoms with Crippen molar-refractivity contribution >= 4 is 11.0 Å². The molecule has 1 aromatic carbocycles. The Morgan fingerprint density at radius 1 is 0.967 bits per heavy atom. The number of hydrogen-bond acceptors (Lipinski definition) is 3. The normalized spacial score (nSPS) is 25.6. The Hall–Kier alpha value is -1.46. The van der Waals surface area contributed by atoms with Gasteiger partial charge in [-0.25, -0.2) is 9.37 Å². The van der Waals surface area contributed by atoms with Gasteiger partial charge in [-0.1, -0.05) is 32.1 Å². The number of nitrogens with one attached hydrogen (secondary N) is 1. The zero-order valence-corrected chi connectivity index (χ0v) is 18.3. The number of halogens is 1. The lowest BCUT2D eigenvalue weighted by molar-refractivity contribution is 0.151. The van der Waals surface area contributed by atoms with Crippen molar-refractivity contribution in [3.63, 3.8) is 0 Å². The molecule has 0 amide bonds. The second-order valence-electron chi connectivity index (χ2n) is 9.91. The molecule has 0 spiro atoms. The molecule has 0 bridgehead atoms. The number of likely N-dealkylation sites (tertiary alicyclic amines) is 1. The second kappa shape index (κ2) is 9.35. The van der Waals surface area contributed by atoms with Crippen molar-refractivity contribution in [2.24, 2.45) is 5.92 Å². The highest BCUT2D eigenvalue weighted by molar-refractivity contribution is 5.76. The Morgan fingerprint density at radius 3 is 2.47 bits per heavy atom. The lowest BCUT2D eigenvalue weighted by Crippen LogP contribution is -2.38. The molecule has 3 heterocycles. The van der Waals surface area contributed by atoms with Gasteiger partial charge in [0.1, 0.15) is 11.6 Å². The summed E-state index contributed by atoms with van der Waals surface area (Å²) in [5.41, 5.74) is 1.95. The summed E-state index contributed by atoms with van der Waals surface area (Å²) in [4.78, 5) is 7.69. The molecule has 5 rings (SSSR count). The Kier molecular flexibility index (Phi) is 6.37. The standard InChI is InChI=1S/C25H37FN4/c26-21-8-9-23-24(16-21)30(25(28-23)20-10-13-27-17-20)22-11-14-29(15-12-22)18-19-6-4-2-1-3-5-7-19/h8-9,16,19-20,22,27H,1-7,10-15,17-18H2. The van der Waals surface area contributed by atoms with E-state index in [-0.39, 0.29) is 5.82 Å². The van der Waals surface area contributed by atoms with Crippen LogP contribution in [0.1, 0.15) is 82.0 Å². The third-order valence-electron chi connectivity index (χ3n) is 7.77. The number of aromatic nitrogens is 2. The number of piperidine rings is 1. The molecule has 2 aromatic rings. The van der Waals surface area contributed by atoms with Crippen molar-refractivity contribution in [1.29, 1.82) is 0 Å². The van der Waals surface area contributed by atoms with Crippen LogP contribution in [0.4, 0.5) is 4.39 Å². The molecular formula is C25H37FN4. The fraction of sp³-hybridized carbons (Fsp3) is 0.720. The summed E-state index contributed by atoms with van der Waals surface area (Å²) in [7, 11) is 0. The minimum Gasteiger partial charge on any atom is -0.324 e. The second-order valence-corrected chi connectivity index (χ2v) is 9.91. The average Bonchev–Trinajstić information content (AvgIpc) is 3.38. The average molecular weight is 413 g/mol. The van der Waals surface area contributed by atoms with E-state index in [0.717, 1.165) is 49.3 Å². The molecule has 3 aliphatic rings. The zero-order chi connectivity index (χ0) is 20.3. The van der Waals surface area contributed by atoms with E-state index in [4.69, 9.17) is 4.98 Å². The van der Waals surface area contributed by atoms with Crippen molar-refractivity contribution in [1.82, 2.24) is 19.8 Å². The van der Waals surface area contributed by atoms with E-state index in [2.05, 4.69) is 14.8 Å². The summed E-state index contributed by atoms with van der Waals surface area (Å²) >= 11 is 0. The number of imidazole rings is 1. The Balaban J connectivity index is 1.30. The first kappa shape index (κ1) is 20.4. The van der Waals surface area contributed by atoms with Crippen molar-refractivity contribution < 1.29 is 4.39 Å². The third kappa shape index (κ3) is 4.43. The van der Waals surface area contributed by atoms with Crippen molar-refractivity contribution in [3.05, 3.63) is 29.8 Å². The molecule has 4 nitrogen and oxygen atoms in total. The predicted octanol–water partition coefficient (Wildman–Crippen LogP) is 5.25. The number of benzene rings is 1. The molecule has 1 atom stereocenters. The first-order chi connectivity index (χ1) is 14.8. The molecule has 5 heteroatoms. The van der Waals surface area contributed by atoms with E-state index in [1.165, 1.54) is 70.4 Å². The molecular weight excluding hydrogens is 375 g/mol. The quantitative estimate of drug-likeness (QED) is 0.745. The van der Waals surface area contributed by atoms with Crippen LogP contribution in [0.25, 0.3) is 11.0 Å². The Morgan fingerprint density at radius 2 is 1.73 bits per heavy atom. The first-order valence-electron chi connectivity index (χ1n) is 12.4. The molecule has 1 saturated carbocycles. The molecule has 30 heavy (non-hydrogen) atoms. The summed E-state index contributed by atoms with van der Waals surface area (Å²) in [5.74, 6) is 2.37. The maximum atomic E-state index is 14.1. The SMILES string of the molecule is Fc1ccc2nc(C3CCNC3)n(C3CCN(CC4CCCCCCC4)CC3)c2c1. The molecule has 3 fully saturated rings. The van der Waals surface area contributed by atoms with Crippen molar-refractivity contribution in [3.8, 4) is 0 Å². The number of hydrogen-bond donors (Lipinski definition) is 1. The highest BCUT2D eigenvalue weighted by Gasteiger charge is 2.30. The largest absolute Gasteiger partial charge is 0.324 e. The van der Waals surface area contributed by atoms with Crippen LogP contribution in [-0.2, 0) is 0 Å². The smallest absolute Gasteiger partial charge is 0.125 e. The van der Waals surface area contributed by atoms with Gasteiger partial charge in [-0.15, -0.1) is 0 Å². The molecule has 2 aliphatic heterocycles. The fourth-order valence-electron chi connectivity index (χ4n) is 6.08. The van der Waals surface area contributed by atoms with Gasteiger partial charge in [-0.2, -0.15) is 0 Å². The molecule has 164 valence electrons. The van der Waals surface area contributed by atoms with Gasteiger partial charge in [0.25, 0.3) is 0 Å². The summed E-state index contributed by atoms with van der Waals surface area (Å²) in [6.45, 7) is 5.66. The van der Waals surface area contributed by atoms with Crippen LogP contribution in [0.15, 0.2) is 18.2 Å². The highest BCUT2D eigenvalue weighted by Crippen LogP contribution is 2.34. The highest BCUT2D eigenvalue weighted by atomic mass is 19.1. The summed E-state index contributed by atoms with van der Waals surface area (Å²) in [6.07, 6.45) is 13.4. The number of fused-ring (bicyclic) bond motifs is 1.